The van der Waals surface area contributed by atoms with Crippen molar-refractivity contribution in [2.45, 2.75) is 0 Å². The molecule has 0 aromatic heterocycles. The molecule has 1 nitrogen and oxygen atoms in total. The molecule has 76 valence electrons. The van der Waals surface area contributed by atoms with Gasteiger partial charge in [0.2, 0.25) is 0 Å². The molecule has 0 bridgehead atoms. The van der Waals surface area contributed by atoms with Gasteiger partial charge in [-0.25, -0.2) is 4.39 Å². The molecule has 0 radical (unpaired) electrons. The highest BCUT2D eigenvalue weighted by Crippen LogP contribution is 2.24. The summed E-state index contributed by atoms with van der Waals surface area (Å²) in [5.41, 5.74) is 6.91. The lowest BCUT2D eigenvalue weighted by atomic mass is 9.99. The van der Waals surface area contributed by atoms with E-state index >= 15 is 0 Å². The molecule has 15 heavy (non-hydrogen) atoms. The highest BCUT2D eigenvalue weighted by atomic mass is 19.1. The van der Waals surface area contributed by atoms with Crippen LogP contribution < -0.4 is 5.73 Å². The Morgan fingerprint density at radius 1 is 1.13 bits per heavy atom. The minimum absolute atomic E-state index is 0.213. The molecule has 0 amide bonds. The van der Waals surface area contributed by atoms with Crippen LogP contribution in [0.15, 0.2) is 48.8 Å². The Morgan fingerprint density at radius 3 is 2.60 bits per heavy atom. The van der Waals surface area contributed by atoms with Gasteiger partial charge in [0.15, 0.2) is 0 Å². The van der Waals surface area contributed by atoms with E-state index < -0.39 is 0 Å². The zero-order valence-corrected chi connectivity index (χ0v) is 8.28. The zero-order valence-electron chi connectivity index (χ0n) is 8.28. The maximum Gasteiger partial charge on any atom is 0.0918 e. The maximum atomic E-state index is 12.6. The monoisotopic (exact) mass is 201 g/mol. The van der Waals surface area contributed by atoms with Gasteiger partial charge in [0.05, 0.1) is 6.33 Å². The van der Waals surface area contributed by atoms with Crippen molar-refractivity contribution in [3.05, 3.63) is 54.4 Å². The molecule has 2 aromatic rings. The summed E-state index contributed by atoms with van der Waals surface area (Å²) in [6.45, 7) is 0.213. The maximum absolute atomic E-state index is 12.6. The topological polar surface area (TPSA) is 26.0 Å². The average Bonchev–Trinajstić information content (AvgIpc) is 2.31. The Balaban J connectivity index is 2.71. The molecule has 0 atom stereocenters. The zero-order chi connectivity index (χ0) is 10.7. The summed E-state index contributed by atoms with van der Waals surface area (Å²) in [5, 5.41) is 2.14. The number of hydrogen-bond acceptors (Lipinski definition) is 1. The molecule has 0 saturated heterocycles. The molecule has 0 spiro atoms. The van der Waals surface area contributed by atoms with Crippen molar-refractivity contribution < 1.29 is 4.39 Å². The number of rotatable bonds is 2. The van der Waals surface area contributed by atoms with Crippen molar-refractivity contribution in [3.63, 3.8) is 0 Å². The van der Waals surface area contributed by atoms with Gasteiger partial charge in [0.1, 0.15) is 0 Å². The van der Waals surface area contributed by atoms with Crippen LogP contribution in [0.5, 0.6) is 0 Å². The van der Waals surface area contributed by atoms with E-state index in [4.69, 9.17) is 5.73 Å². The van der Waals surface area contributed by atoms with Gasteiger partial charge < -0.3 is 5.73 Å². The number of benzene rings is 2. The lowest BCUT2D eigenvalue weighted by Gasteiger charge is -2.07. The Kier molecular flexibility index (Phi) is 2.79. The fourth-order valence-corrected chi connectivity index (χ4v) is 1.72. The second-order valence-electron chi connectivity index (χ2n) is 3.37. The smallest absolute Gasteiger partial charge is 0.0918 e. The van der Waals surface area contributed by atoms with E-state index in [9.17, 15) is 4.39 Å². The molecule has 0 aliphatic rings. The first kappa shape index (κ1) is 9.87. The van der Waals surface area contributed by atoms with Gasteiger partial charge in [-0.3, -0.25) is 0 Å². The molecule has 2 aromatic carbocycles. The number of fused-ring (bicyclic) bond motifs is 1. The summed E-state index contributed by atoms with van der Waals surface area (Å²) in [7, 11) is 0. The molecule has 0 unspecified atom stereocenters. The molecular weight excluding hydrogens is 189 g/mol. The summed E-state index contributed by atoms with van der Waals surface area (Å²) in [6, 6.07) is 13.7. The van der Waals surface area contributed by atoms with Crippen LogP contribution in [-0.2, 0) is 0 Å². The van der Waals surface area contributed by atoms with E-state index in [2.05, 4.69) is 0 Å². The Morgan fingerprint density at radius 2 is 1.87 bits per heavy atom. The van der Waals surface area contributed by atoms with Crippen molar-refractivity contribution in [1.29, 1.82) is 0 Å². The minimum atomic E-state index is 0.213. The molecule has 0 fully saturated rings. The van der Waals surface area contributed by atoms with Crippen LogP contribution in [0.3, 0.4) is 0 Å². The first-order valence-corrected chi connectivity index (χ1v) is 4.84. The van der Waals surface area contributed by atoms with E-state index in [0.29, 0.717) is 11.9 Å². The van der Waals surface area contributed by atoms with Crippen LogP contribution in [0.1, 0.15) is 5.56 Å². The predicted octanol–water partition coefficient (Wildman–Crippen LogP) is 3.11. The molecule has 2 heteroatoms. The third-order valence-corrected chi connectivity index (χ3v) is 2.49. The standard InChI is InChI=1S/C13H12FN/c14-8-11(9-15)13-7-3-5-10-4-1-2-6-12(10)13/h1-8H,9,15H2. The van der Waals surface area contributed by atoms with Gasteiger partial charge in [-0.15, -0.1) is 0 Å². The molecule has 2 N–H and O–H groups in total. The second-order valence-corrected chi connectivity index (χ2v) is 3.37. The van der Waals surface area contributed by atoms with Crippen LogP contribution in [0.25, 0.3) is 16.3 Å². The Hall–Kier alpha value is -1.67. The van der Waals surface area contributed by atoms with E-state index in [-0.39, 0.29) is 6.54 Å². The fourth-order valence-electron chi connectivity index (χ4n) is 1.72. The Bertz CT molecular complexity index is 497. The van der Waals surface area contributed by atoms with Crippen LogP contribution in [0.4, 0.5) is 4.39 Å². The normalized spacial score (nSPS) is 12.0. The van der Waals surface area contributed by atoms with Gasteiger partial charge in [0, 0.05) is 12.1 Å². The fraction of sp³-hybridized carbons (Fsp3) is 0.0769. The minimum Gasteiger partial charge on any atom is -0.326 e. The quantitative estimate of drug-likeness (QED) is 0.793. The van der Waals surface area contributed by atoms with E-state index in [1.54, 1.807) is 0 Å². The number of hydrogen-bond donors (Lipinski definition) is 1. The molecule has 0 heterocycles. The van der Waals surface area contributed by atoms with Crippen molar-refractivity contribution in [1.82, 2.24) is 0 Å². The van der Waals surface area contributed by atoms with Crippen LogP contribution in [0.2, 0.25) is 0 Å². The predicted molar refractivity (Wildman–Crippen MR) is 62.1 cm³/mol. The van der Waals surface area contributed by atoms with Gasteiger partial charge in [-0.2, -0.15) is 0 Å². The van der Waals surface area contributed by atoms with Gasteiger partial charge >= 0.3 is 0 Å². The van der Waals surface area contributed by atoms with E-state index in [1.165, 1.54) is 0 Å². The highest BCUT2D eigenvalue weighted by molar-refractivity contribution is 5.93. The van der Waals surface area contributed by atoms with Crippen LogP contribution >= 0.6 is 0 Å². The van der Waals surface area contributed by atoms with Crippen LogP contribution in [0, 0.1) is 0 Å². The third kappa shape index (κ3) is 1.76. The summed E-state index contributed by atoms with van der Waals surface area (Å²) >= 11 is 0. The number of nitrogens with two attached hydrogens (primary N) is 1. The third-order valence-electron chi connectivity index (χ3n) is 2.49. The van der Waals surface area contributed by atoms with Gasteiger partial charge in [0.25, 0.3) is 0 Å². The van der Waals surface area contributed by atoms with Crippen molar-refractivity contribution >= 4 is 16.3 Å². The largest absolute Gasteiger partial charge is 0.326 e. The van der Waals surface area contributed by atoms with Crippen molar-refractivity contribution in [3.8, 4) is 0 Å². The summed E-state index contributed by atoms with van der Waals surface area (Å²) in [5.74, 6) is 0. The SMILES string of the molecule is NCC(=CF)c1cccc2ccccc12. The second kappa shape index (κ2) is 4.24. The first-order valence-electron chi connectivity index (χ1n) is 4.84. The Labute approximate surface area is 88.0 Å². The van der Waals surface area contributed by atoms with Crippen molar-refractivity contribution in [2.24, 2.45) is 5.73 Å². The lowest BCUT2D eigenvalue weighted by molar-refractivity contribution is 0.721. The average molecular weight is 201 g/mol. The van der Waals surface area contributed by atoms with Gasteiger partial charge in [-0.05, 0) is 16.3 Å². The van der Waals surface area contributed by atoms with Crippen molar-refractivity contribution in [2.75, 3.05) is 6.54 Å². The summed E-state index contributed by atoms with van der Waals surface area (Å²) in [6.07, 6.45) is 0.585. The summed E-state index contributed by atoms with van der Waals surface area (Å²) < 4.78 is 12.6. The lowest BCUT2D eigenvalue weighted by Crippen LogP contribution is -2.02. The summed E-state index contributed by atoms with van der Waals surface area (Å²) in [4.78, 5) is 0. The van der Waals surface area contributed by atoms with Crippen LogP contribution in [-0.4, -0.2) is 6.54 Å². The number of halogens is 1. The molecule has 0 aliphatic heterocycles. The molecular formula is C13H12FN. The molecule has 0 saturated carbocycles. The van der Waals surface area contributed by atoms with Gasteiger partial charge in [-0.1, -0.05) is 42.5 Å². The molecule has 2 rings (SSSR count). The molecule has 0 aliphatic carbocycles. The first-order chi connectivity index (χ1) is 7.36. The van der Waals surface area contributed by atoms with E-state index in [0.717, 1.165) is 16.3 Å². The van der Waals surface area contributed by atoms with E-state index in [1.807, 2.05) is 42.5 Å². The highest BCUT2D eigenvalue weighted by Gasteiger charge is 2.04.